The van der Waals surface area contributed by atoms with E-state index in [1.165, 1.54) is 14.2 Å². The van der Waals surface area contributed by atoms with Crippen LogP contribution in [-0.4, -0.2) is 5.11 Å². The molecule has 0 spiro atoms. The van der Waals surface area contributed by atoms with Gasteiger partial charge in [-0.3, -0.25) is 0 Å². The smallest absolute Gasteiger partial charge is 0.0701 e. The van der Waals surface area contributed by atoms with Gasteiger partial charge in [-0.05, 0) is 39.2 Å². The first-order chi connectivity index (χ1) is 8.28. The fourth-order valence-electron chi connectivity index (χ4n) is 1.54. The van der Waals surface area contributed by atoms with Crippen LogP contribution in [0.4, 0.5) is 0 Å². The van der Waals surface area contributed by atoms with Crippen molar-refractivity contribution in [1.29, 1.82) is 0 Å². The largest absolute Gasteiger partial charge is 0.392 e. The molecule has 0 saturated heterocycles. The molecule has 0 aliphatic carbocycles. The number of hydrogen-bond acceptors (Lipinski definition) is 3. The first-order valence-electron chi connectivity index (χ1n) is 5.41. The standard InChI is InChI=1S/C13H14BrNOS/c14-13-6-5-12(17-13)8-15-7-10-1-3-11(9-16)4-2-10/h1-6,15-16H,7-9H2. The topological polar surface area (TPSA) is 32.3 Å². The Morgan fingerprint density at radius 1 is 1.00 bits per heavy atom. The van der Waals surface area contributed by atoms with E-state index in [1.54, 1.807) is 11.3 Å². The third-order valence-corrected chi connectivity index (χ3v) is 4.09. The first-order valence-corrected chi connectivity index (χ1v) is 7.02. The lowest BCUT2D eigenvalue weighted by Crippen LogP contribution is -2.11. The summed E-state index contributed by atoms with van der Waals surface area (Å²) in [5, 5.41) is 12.3. The van der Waals surface area contributed by atoms with Gasteiger partial charge in [0.05, 0.1) is 10.4 Å². The molecule has 0 unspecified atom stereocenters. The van der Waals surface area contributed by atoms with Gasteiger partial charge in [-0.15, -0.1) is 11.3 Å². The van der Waals surface area contributed by atoms with E-state index in [1.807, 2.05) is 24.3 Å². The van der Waals surface area contributed by atoms with E-state index < -0.39 is 0 Å². The molecule has 0 radical (unpaired) electrons. The predicted octanol–water partition coefficient (Wildman–Crippen LogP) is 3.29. The van der Waals surface area contributed by atoms with Gasteiger partial charge in [0.15, 0.2) is 0 Å². The Balaban J connectivity index is 1.81. The lowest BCUT2D eigenvalue weighted by atomic mass is 10.1. The van der Waals surface area contributed by atoms with E-state index >= 15 is 0 Å². The molecule has 0 fully saturated rings. The maximum Gasteiger partial charge on any atom is 0.0701 e. The summed E-state index contributed by atoms with van der Waals surface area (Å²) in [6.45, 7) is 1.84. The van der Waals surface area contributed by atoms with E-state index in [4.69, 9.17) is 5.11 Å². The third-order valence-electron chi connectivity index (χ3n) is 2.46. The van der Waals surface area contributed by atoms with Crippen LogP contribution in [-0.2, 0) is 19.7 Å². The molecule has 1 aromatic carbocycles. The summed E-state index contributed by atoms with van der Waals surface area (Å²) in [6.07, 6.45) is 0. The van der Waals surface area contributed by atoms with Gasteiger partial charge < -0.3 is 10.4 Å². The zero-order valence-corrected chi connectivity index (χ0v) is 11.7. The molecule has 2 N–H and O–H groups in total. The molecular formula is C13H14BrNOS. The SMILES string of the molecule is OCc1ccc(CNCc2ccc(Br)s2)cc1. The van der Waals surface area contributed by atoms with E-state index in [9.17, 15) is 0 Å². The molecule has 2 aromatic rings. The highest BCUT2D eigenvalue weighted by molar-refractivity contribution is 9.11. The molecule has 0 saturated carbocycles. The minimum absolute atomic E-state index is 0.108. The fraction of sp³-hybridized carbons (Fsp3) is 0.231. The summed E-state index contributed by atoms with van der Waals surface area (Å²) < 4.78 is 1.17. The molecule has 0 amide bonds. The lowest BCUT2D eigenvalue weighted by molar-refractivity contribution is 0.282. The van der Waals surface area contributed by atoms with Crippen LogP contribution < -0.4 is 5.32 Å². The van der Waals surface area contributed by atoms with Gasteiger partial charge in [0.1, 0.15) is 0 Å². The highest BCUT2D eigenvalue weighted by Gasteiger charge is 1.98. The average molecular weight is 312 g/mol. The van der Waals surface area contributed by atoms with E-state index in [-0.39, 0.29) is 6.61 Å². The number of aliphatic hydroxyl groups is 1. The van der Waals surface area contributed by atoms with Gasteiger partial charge in [-0.1, -0.05) is 24.3 Å². The van der Waals surface area contributed by atoms with Gasteiger partial charge in [0.25, 0.3) is 0 Å². The van der Waals surface area contributed by atoms with Crippen molar-refractivity contribution in [3.63, 3.8) is 0 Å². The normalized spacial score (nSPS) is 10.7. The van der Waals surface area contributed by atoms with Crippen molar-refractivity contribution in [2.24, 2.45) is 0 Å². The monoisotopic (exact) mass is 311 g/mol. The molecule has 0 bridgehead atoms. The summed E-state index contributed by atoms with van der Waals surface area (Å²) >= 11 is 5.20. The predicted molar refractivity (Wildman–Crippen MR) is 74.9 cm³/mol. The van der Waals surface area contributed by atoms with Crippen LogP contribution in [0.2, 0.25) is 0 Å². The Kier molecular flexibility index (Phi) is 4.74. The van der Waals surface area contributed by atoms with Crippen molar-refractivity contribution in [3.8, 4) is 0 Å². The molecule has 4 heteroatoms. The number of nitrogens with one attached hydrogen (secondary N) is 1. The Labute approximate surface area is 113 Å². The number of halogens is 1. The van der Waals surface area contributed by atoms with Gasteiger partial charge in [0.2, 0.25) is 0 Å². The molecular weight excluding hydrogens is 298 g/mol. The molecule has 2 rings (SSSR count). The van der Waals surface area contributed by atoms with E-state index in [0.29, 0.717) is 0 Å². The van der Waals surface area contributed by atoms with Crippen molar-refractivity contribution < 1.29 is 5.11 Å². The summed E-state index contributed by atoms with van der Waals surface area (Å²) in [5.41, 5.74) is 2.19. The van der Waals surface area contributed by atoms with Crippen molar-refractivity contribution in [2.75, 3.05) is 0 Å². The summed E-state index contributed by atoms with van der Waals surface area (Å²) in [6, 6.07) is 12.2. The first kappa shape index (κ1) is 12.8. The van der Waals surface area contributed by atoms with Crippen LogP contribution >= 0.6 is 27.3 Å². The van der Waals surface area contributed by atoms with Gasteiger partial charge in [0, 0.05) is 18.0 Å². The fourth-order valence-corrected chi connectivity index (χ4v) is 2.99. The number of benzene rings is 1. The number of aliphatic hydroxyl groups excluding tert-OH is 1. The minimum atomic E-state index is 0.108. The van der Waals surface area contributed by atoms with Crippen molar-refractivity contribution in [2.45, 2.75) is 19.7 Å². The molecule has 90 valence electrons. The van der Waals surface area contributed by atoms with Gasteiger partial charge in [-0.25, -0.2) is 0 Å². The molecule has 0 aliphatic heterocycles. The minimum Gasteiger partial charge on any atom is -0.392 e. The van der Waals surface area contributed by atoms with Gasteiger partial charge in [-0.2, -0.15) is 0 Å². The second-order valence-corrected chi connectivity index (χ2v) is 6.33. The summed E-state index contributed by atoms with van der Waals surface area (Å²) in [7, 11) is 0. The van der Waals surface area contributed by atoms with Crippen molar-refractivity contribution in [3.05, 3.63) is 56.2 Å². The molecule has 0 atom stereocenters. The van der Waals surface area contributed by atoms with Gasteiger partial charge >= 0.3 is 0 Å². The van der Waals surface area contributed by atoms with Crippen LogP contribution in [0.3, 0.4) is 0 Å². The van der Waals surface area contributed by atoms with E-state index in [2.05, 4.69) is 33.4 Å². The van der Waals surface area contributed by atoms with E-state index in [0.717, 1.165) is 18.7 Å². The highest BCUT2D eigenvalue weighted by atomic mass is 79.9. The van der Waals surface area contributed by atoms with Crippen molar-refractivity contribution in [1.82, 2.24) is 5.32 Å². The quantitative estimate of drug-likeness (QED) is 0.888. The van der Waals surface area contributed by atoms with Crippen LogP contribution in [0.5, 0.6) is 0 Å². The molecule has 17 heavy (non-hydrogen) atoms. The maximum absolute atomic E-state index is 8.94. The third kappa shape index (κ3) is 3.92. The lowest BCUT2D eigenvalue weighted by Gasteiger charge is -2.04. The Hall–Kier alpha value is -0.680. The van der Waals surface area contributed by atoms with Crippen LogP contribution in [0.15, 0.2) is 40.2 Å². The molecule has 0 aliphatic rings. The Morgan fingerprint density at radius 2 is 1.71 bits per heavy atom. The van der Waals surface area contributed by atoms with Crippen LogP contribution in [0.1, 0.15) is 16.0 Å². The zero-order chi connectivity index (χ0) is 12.1. The zero-order valence-electron chi connectivity index (χ0n) is 9.32. The Bertz CT molecular complexity index is 467. The average Bonchev–Trinajstić information content (AvgIpc) is 2.76. The van der Waals surface area contributed by atoms with Crippen LogP contribution in [0.25, 0.3) is 0 Å². The second kappa shape index (κ2) is 6.31. The molecule has 2 nitrogen and oxygen atoms in total. The van der Waals surface area contributed by atoms with Crippen molar-refractivity contribution >= 4 is 27.3 Å². The molecule has 1 aromatic heterocycles. The highest BCUT2D eigenvalue weighted by Crippen LogP contribution is 2.21. The second-order valence-electron chi connectivity index (χ2n) is 3.78. The maximum atomic E-state index is 8.94. The Morgan fingerprint density at radius 3 is 2.29 bits per heavy atom. The summed E-state index contributed by atoms with van der Waals surface area (Å²) in [5.74, 6) is 0. The van der Waals surface area contributed by atoms with Crippen LogP contribution in [0, 0.1) is 0 Å². The summed E-state index contributed by atoms with van der Waals surface area (Å²) in [4.78, 5) is 1.32. The molecule has 1 heterocycles. The number of rotatable bonds is 5. The number of thiophene rings is 1. The number of hydrogen-bond donors (Lipinski definition) is 2.